The maximum atomic E-state index is 14.0. The summed E-state index contributed by atoms with van der Waals surface area (Å²) in [7, 11) is -0.648. The highest BCUT2D eigenvalue weighted by atomic mass is 16.7. The van der Waals surface area contributed by atoms with Crippen molar-refractivity contribution in [1.82, 2.24) is 31.9 Å². The number of hydrogen-bond donors (Lipinski definition) is 7. The molecule has 3 saturated carbocycles. The predicted molar refractivity (Wildman–Crippen MR) is 255 cm³/mol. The number of benzene rings is 2. The zero-order valence-electron chi connectivity index (χ0n) is 40.0. The molecule has 2 heterocycles. The summed E-state index contributed by atoms with van der Waals surface area (Å²) >= 11 is 0. The number of nitrogens with one attached hydrogen (secondary N) is 6. The summed E-state index contributed by atoms with van der Waals surface area (Å²) < 4.78 is 13.0. The molecule has 5 aliphatic rings. The van der Waals surface area contributed by atoms with E-state index in [1.807, 2.05) is 19.1 Å². The van der Waals surface area contributed by atoms with Crippen molar-refractivity contribution in [2.24, 2.45) is 23.0 Å². The first-order chi connectivity index (χ1) is 31.5. The van der Waals surface area contributed by atoms with Gasteiger partial charge in [0.1, 0.15) is 24.2 Å². The van der Waals surface area contributed by atoms with Crippen LogP contribution in [-0.4, -0.2) is 97.5 Å². The Morgan fingerprint density at radius 3 is 2.27 bits per heavy atom. The molecule has 16 heteroatoms. The standard InChI is InChI=1S/C50H74BN7O8/c1-7-8-14-33-19-21-34(22-20-33)35-23-25-36(26-24-35)45(61)57-39(15-9-11-27-52)48(64)58-40-17-13-18-43(59)53-28-12-10-16-38(56-44(60)31(2)54-46(40)62)47(63)55-32(3)51-65-42-30-37-29-41(49(37,4)5)50(42,6)66-51/h19-26,31-32,37-42H,7-18,27-30,52H2,1-6H3,(H,53,59)(H,54,62)(H,55,63)(H,56,60)(H,57,61)(H,58,64). The molecule has 0 aromatic heterocycles. The lowest BCUT2D eigenvalue weighted by Gasteiger charge is -2.64. The largest absolute Gasteiger partial charge is 0.481 e. The van der Waals surface area contributed by atoms with Crippen LogP contribution in [0.4, 0.5) is 0 Å². The summed E-state index contributed by atoms with van der Waals surface area (Å²) in [5.74, 6) is -2.41. The fourth-order valence-corrected chi connectivity index (χ4v) is 10.3. The Kier molecular flexibility index (Phi) is 17.5. The number of carbonyl (C=O) groups excluding carboxylic acids is 6. The lowest BCUT2D eigenvalue weighted by atomic mass is 9.43. The van der Waals surface area contributed by atoms with Gasteiger partial charge in [-0.2, -0.15) is 0 Å². The van der Waals surface area contributed by atoms with Crippen molar-refractivity contribution in [1.29, 1.82) is 0 Å². The summed E-state index contributed by atoms with van der Waals surface area (Å²) in [4.78, 5) is 81.9. The van der Waals surface area contributed by atoms with Gasteiger partial charge in [0.25, 0.3) is 5.91 Å². The van der Waals surface area contributed by atoms with Gasteiger partial charge in [0.15, 0.2) is 0 Å². The number of unbranched alkanes of at least 4 members (excludes halogenated alkanes) is 2. The predicted octanol–water partition coefficient (Wildman–Crippen LogP) is 4.64. The summed E-state index contributed by atoms with van der Waals surface area (Å²) in [5, 5.41) is 17.2. The van der Waals surface area contributed by atoms with E-state index < -0.39 is 72.4 Å². The van der Waals surface area contributed by atoms with Crippen LogP contribution in [0, 0.1) is 17.3 Å². The Morgan fingerprint density at radius 1 is 0.879 bits per heavy atom. The molecule has 5 fully saturated rings. The molecular weight excluding hydrogens is 837 g/mol. The highest BCUT2D eigenvalue weighted by Crippen LogP contribution is 2.65. The molecule has 2 aromatic rings. The average Bonchev–Trinajstić information content (AvgIpc) is 3.67. The molecule has 9 unspecified atom stereocenters. The van der Waals surface area contributed by atoms with E-state index in [0.29, 0.717) is 62.6 Å². The van der Waals surface area contributed by atoms with Crippen LogP contribution in [0.15, 0.2) is 48.5 Å². The molecule has 0 radical (unpaired) electrons. The van der Waals surface area contributed by atoms with Crippen LogP contribution in [-0.2, 0) is 39.7 Å². The van der Waals surface area contributed by atoms with Crippen LogP contribution in [0.25, 0.3) is 11.1 Å². The second kappa shape index (κ2) is 22.8. The van der Waals surface area contributed by atoms with Gasteiger partial charge in [-0.05, 0) is 150 Å². The number of aryl methyl sites for hydroxylation is 1. The molecule has 6 amide bonds. The molecule has 66 heavy (non-hydrogen) atoms. The lowest BCUT2D eigenvalue weighted by molar-refractivity contribution is -0.199. The van der Waals surface area contributed by atoms with E-state index in [1.54, 1.807) is 12.1 Å². The van der Waals surface area contributed by atoms with Crippen molar-refractivity contribution in [2.75, 3.05) is 13.1 Å². The number of nitrogens with two attached hydrogens (primary N) is 1. The molecule has 2 aromatic carbocycles. The van der Waals surface area contributed by atoms with Gasteiger partial charge < -0.3 is 46.9 Å². The zero-order chi connectivity index (χ0) is 47.6. The van der Waals surface area contributed by atoms with Gasteiger partial charge in [-0.3, -0.25) is 28.8 Å². The Labute approximate surface area is 391 Å². The quantitative estimate of drug-likeness (QED) is 0.0977. The first-order valence-electron chi connectivity index (χ1n) is 24.6. The fraction of sp³-hybridized carbons (Fsp3) is 0.640. The normalized spacial score (nSPS) is 27.7. The smallest absolute Gasteiger partial charge is 0.404 e. The minimum absolute atomic E-state index is 0.0532. The molecule has 9 atom stereocenters. The molecule has 3 aliphatic carbocycles. The molecular formula is C50H74BN7O8. The average molecular weight is 912 g/mol. The van der Waals surface area contributed by atoms with Crippen molar-refractivity contribution in [3.63, 3.8) is 0 Å². The van der Waals surface area contributed by atoms with Gasteiger partial charge in [-0.25, -0.2) is 0 Å². The Hall–Kier alpha value is -4.80. The van der Waals surface area contributed by atoms with Crippen molar-refractivity contribution in [3.8, 4) is 11.1 Å². The highest BCUT2D eigenvalue weighted by molar-refractivity contribution is 6.47. The summed E-state index contributed by atoms with van der Waals surface area (Å²) in [6.07, 6.45) is 8.59. The maximum absolute atomic E-state index is 14.0. The number of rotatable bonds is 15. The van der Waals surface area contributed by atoms with E-state index in [4.69, 9.17) is 15.0 Å². The Bertz CT molecular complexity index is 2020. The molecule has 2 aliphatic heterocycles. The monoisotopic (exact) mass is 912 g/mol. The van der Waals surface area contributed by atoms with Crippen molar-refractivity contribution >= 4 is 42.6 Å². The lowest BCUT2D eigenvalue weighted by Crippen LogP contribution is -2.65. The van der Waals surface area contributed by atoms with E-state index in [9.17, 15) is 28.8 Å². The van der Waals surface area contributed by atoms with E-state index in [0.717, 1.165) is 43.2 Å². The van der Waals surface area contributed by atoms with Gasteiger partial charge in [0.05, 0.1) is 17.6 Å². The summed E-state index contributed by atoms with van der Waals surface area (Å²) in [5.41, 5.74) is 9.14. The van der Waals surface area contributed by atoms with Crippen LogP contribution in [0.3, 0.4) is 0 Å². The first kappa shape index (κ1) is 50.6. The molecule has 2 saturated heterocycles. The minimum atomic E-state index is -1.14. The Balaban J connectivity index is 1.08. The molecule has 360 valence electrons. The van der Waals surface area contributed by atoms with E-state index in [1.165, 1.54) is 12.5 Å². The third kappa shape index (κ3) is 12.4. The number of carbonyl (C=O) groups is 6. The highest BCUT2D eigenvalue weighted by Gasteiger charge is 2.68. The van der Waals surface area contributed by atoms with Crippen LogP contribution < -0.4 is 37.6 Å². The van der Waals surface area contributed by atoms with Crippen LogP contribution >= 0.6 is 0 Å². The van der Waals surface area contributed by atoms with Gasteiger partial charge in [0.2, 0.25) is 29.5 Å². The zero-order valence-corrected chi connectivity index (χ0v) is 40.0. The van der Waals surface area contributed by atoms with Crippen molar-refractivity contribution in [3.05, 3.63) is 59.7 Å². The third-order valence-electron chi connectivity index (χ3n) is 14.7. The molecule has 7 rings (SSSR count). The molecule has 2 bridgehead atoms. The van der Waals surface area contributed by atoms with E-state index in [2.05, 4.69) is 83.9 Å². The van der Waals surface area contributed by atoms with Gasteiger partial charge in [-0.15, -0.1) is 0 Å². The fourth-order valence-electron chi connectivity index (χ4n) is 10.3. The summed E-state index contributed by atoms with van der Waals surface area (Å²) in [6, 6.07) is 11.4. The maximum Gasteiger partial charge on any atom is 0.481 e. The Morgan fingerprint density at radius 2 is 1.59 bits per heavy atom. The number of amides is 6. The third-order valence-corrected chi connectivity index (χ3v) is 14.7. The van der Waals surface area contributed by atoms with E-state index >= 15 is 0 Å². The van der Waals surface area contributed by atoms with Gasteiger partial charge >= 0.3 is 7.12 Å². The van der Waals surface area contributed by atoms with Crippen LogP contribution in [0.1, 0.15) is 141 Å². The van der Waals surface area contributed by atoms with Crippen LogP contribution in [0.5, 0.6) is 0 Å². The second-order valence-corrected chi connectivity index (χ2v) is 19.9. The number of hydrogen-bond acceptors (Lipinski definition) is 9. The molecule has 8 N–H and O–H groups in total. The van der Waals surface area contributed by atoms with Crippen molar-refractivity contribution < 1.29 is 38.1 Å². The van der Waals surface area contributed by atoms with Gasteiger partial charge in [-0.1, -0.05) is 63.6 Å². The first-order valence-corrected chi connectivity index (χ1v) is 24.6. The summed E-state index contributed by atoms with van der Waals surface area (Å²) in [6.45, 7) is 13.0. The SMILES string of the molecule is CCCCc1ccc(-c2ccc(C(=O)NC(CCCCN)C(=O)NC3CCCC(=O)NCCCCC(C(=O)NC(C)B4OC5CC6CC(C6(C)C)C5(C)O4)NC(=O)C(C)NC3=O)cc2)cc1. The van der Waals surface area contributed by atoms with Gasteiger partial charge in [0, 0.05) is 18.5 Å². The minimum Gasteiger partial charge on any atom is -0.404 e. The van der Waals surface area contributed by atoms with Crippen LogP contribution in [0.2, 0.25) is 0 Å². The van der Waals surface area contributed by atoms with Crippen molar-refractivity contribution in [2.45, 2.75) is 173 Å². The van der Waals surface area contributed by atoms with E-state index in [-0.39, 0.29) is 43.1 Å². The topological polar surface area (TPSA) is 219 Å². The second-order valence-electron chi connectivity index (χ2n) is 19.9. The molecule has 15 nitrogen and oxygen atoms in total. The molecule has 0 spiro atoms.